The molecular formula is C29H33F2N3O7. The molecule has 1 aromatic rings. The summed E-state index contributed by atoms with van der Waals surface area (Å²) >= 11 is 0. The number of carbonyl (C=O) groups excluding carboxylic acids is 3. The number of nitrogens with zero attached hydrogens (tertiary/aromatic N) is 2. The molecule has 1 unspecified atom stereocenters. The fraction of sp³-hybridized carbons (Fsp3) is 0.483. The number of nitrogens with two attached hydrogens (primary N) is 1. The summed E-state index contributed by atoms with van der Waals surface area (Å²) in [6, 6.07) is 1.84. The molecule has 5 rings (SSSR count). The van der Waals surface area contributed by atoms with E-state index < -0.39 is 64.0 Å². The molecule has 0 spiro atoms. The summed E-state index contributed by atoms with van der Waals surface area (Å²) in [7, 11) is 3.08. The summed E-state index contributed by atoms with van der Waals surface area (Å²) in [6.07, 6.45) is 3.33. The molecule has 1 amide bonds. The highest BCUT2D eigenvalue weighted by molar-refractivity contribution is 6.24. The molecule has 0 radical (unpaired) electrons. The van der Waals surface area contributed by atoms with Crippen molar-refractivity contribution in [3.63, 3.8) is 0 Å². The number of aliphatic hydroxyl groups excluding tert-OH is 2. The van der Waals surface area contributed by atoms with Crippen LogP contribution in [0.15, 0.2) is 35.1 Å². The van der Waals surface area contributed by atoms with Crippen LogP contribution in [0.3, 0.4) is 0 Å². The van der Waals surface area contributed by atoms with E-state index in [1.54, 1.807) is 12.1 Å². The van der Waals surface area contributed by atoms with Crippen LogP contribution in [0.5, 0.6) is 5.75 Å². The van der Waals surface area contributed by atoms with Gasteiger partial charge in [-0.25, -0.2) is 8.78 Å². The number of likely N-dealkylation sites (N-methyl/N-ethyl adjacent to an activating group) is 1. The van der Waals surface area contributed by atoms with E-state index in [-0.39, 0.29) is 55.7 Å². The first-order chi connectivity index (χ1) is 19.2. The molecule has 3 aliphatic carbocycles. The highest BCUT2D eigenvalue weighted by Crippen LogP contribution is 2.53. The van der Waals surface area contributed by atoms with Crippen LogP contribution in [-0.4, -0.2) is 99.0 Å². The number of hydrogen-bond acceptors (Lipinski definition) is 9. The quantitative estimate of drug-likeness (QED) is 0.330. The van der Waals surface area contributed by atoms with E-state index in [1.807, 2.05) is 11.0 Å². The van der Waals surface area contributed by atoms with Crippen molar-refractivity contribution in [3.8, 4) is 5.75 Å². The normalized spacial score (nSPS) is 30.0. The minimum absolute atomic E-state index is 0.000976. The van der Waals surface area contributed by atoms with Crippen LogP contribution < -0.4 is 5.73 Å². The largest absolute Gasteiger partial charge is 0.508 e. The van der Waals surface area contributed by atoms with Gasteiger partial charge in [-0.15, -0.1) is 0 Å². The Balaban J connectivity index is 1.54. The Hall–Kier alpha value is -3.61. The average molecular weight is 574 g/mol. The van der Waals surface area contributed by atoms with Gasteiger partial charge in [0, 0.05) is 44.0 Å². The summed E-state index contributed by atoms with van der Waals surface area (Å²) in [5.41, 5.74) is 2.75. The highest BCUT2D eigenvalue weighted by Gasteiger charge is 2.64. The summed E-state index contributed by atoms with van der Waals surface area (Å²) in [4.78, 5) is 42.5. The Morgan fingerprint density at radius 1 is 1.17 bits per heavy atom. The van der Waals surface area contributed by atoms with Crippen LogP contribution in [0.25, 0.3) is 11.8 Å². The molecule has 10 nitrogen and oxygen atoms in total. The molecule has 6 N–H and O–H groups in total. The first-order valence-electron chi connectivity index (χ1n) is 13.5. The molecule has 1 heterocycles. The number of ketones is 2. The maximum absolute atomic E-state index is 13.9. The highest BCUT2D eigenvalue weighted by atomic mass is 19.3. The molecule has 1 saturated heterocycles. The number of likely N-dealkylation sites (tertiary alicyclic amines) is 1. The average Bonchev–Trinajstić information content (AvgIpc) is 2.88. The van der Waals surface area contributed by atoms with Gasteiger partial charge < -0.3 is 26.2 Å². The van der Waals surface area contributed by atoms with Gasteiger partial charge >= 0.3 is 0 Å². The van der Waals surface area contributed by atoms with Crippen LogP contribution in [0.2, 0.25) is 0 Å². The maximum Gasteiger partial charge on any atom is 0.255 e. The Kier molecular flexibility index (Phi) is 7.07. The predicted molar refractivity (Wildman–Crippen MR) is 144 cm³/mol. The molecule has 41 heavy (non-hydrogen) atoms. The summed E-state index contributed by atoms with van der Waals surface area (Å²) < 4.78 is 27.0. The molecule has 12 heteroatoms. The second-order valence-electron chi connectivity index (χ2n) is 11.5. The monoisotopic (exact) mass is 573 g/mol. The number of phenolic OH excluding ortho intramolecular Hbond substituents is 1. The number of hydrogen-bond donors (Lipinski definition) is 5. The number of piperidine rings is 1. The number of rotatable bonds is 5. The molecule has 4 aliphatic rings. The smallest absolute Gasteiger partial charge is 0.255 e. The van der Waals surface area contributed by atoms with Gasteiger partial charge in [-0.3, -0.25) is 24.2 Å². The van der Waals surface area contributed by atoms with Crippen molar-refractivity contribution in [2.45, 2.75) is 43.2 Å². The number of alkyl halides is 2. The summed E-state index contributed by atoms with van der Waals surface area (Å²) in [5.74, 6) is -9.66. The van der Waals surface area contributed by atoms with Crippen molar-refractivity contribution in [3.05, 3.63) is 51.8 Å². The van der Waals surface area contributed by atoms with E-state index in [2.05, 4.69) is 0 Å². The van der Waals surface area contributed by atoms with Crippen LogP contribution in [-0.2, 0) is 20.8 Å². The van der Waals surface area contributed by atoms with Gasteiger partial charge in [-0.05, 0) is 50.0 Å². The van der Waals surface area contributed by atoms with Gasteiger partial charge in [0.15, 0.2) is 11.4 Å². The minimum Gasteiger partial charge on any atom is -0.508 e. The van der Waals surface area contributed by atoms with Gasteiger partial charge in [0.2, 0.25) is 5.78 Å². The van der Waals surface area contributed by atoms with Gasteiger partial charge in [0.25, 0.3) is 11.8 Å². The van der Waals surface area contributed by atoms with Crippen molar-refractivity contribution in [2.24, 2.45) is 17.6 Å². The maximum atomic E-state index is 13.9. The summed E-state index contributed by atoms with van der Waals surface area (Å²) in [5, 5.41) is 44.6. The van der Waals surface area contributed by atoms with Gasteiger partial charge in [-0.2, -0.15) is 0 Å². The van der Waals surface area contributed by atoms with Gasteiger partial charge in [0.05, 0.1) is 11.6 Å². The molecule has 0 aromatic heterocycles. The third kappa shape index (κ3) is 4.54. The number of amides is 1. The summed E-state index contributed by atoms with van der Waals surface area (Å²) in [6.45, 7) is 0.948. The number of phenols is 1. The van der Waals surface area contributed by atoms with Crippen molar-refractivity contribution >= 4 is 29.3 Å². The number of fused-ring (bicyclic) bond motifs is 3. The molecule has 0 bridgehead atoms. The molecular weight excluding hydrogens is 540 g/mol. The molecule has 2 fully saturated rings. The van der Waals surface area contributed by atoms with Gasteiger partial charge in [0.1, 0.15) is 22.8 Å². The van der Waals surface area contributed by atoms with E-state index in [4.69, 9.17) is 5.73 Å². The standard InChI is InChI=1S/C29H33F2N3O7/c1-33(2)22-17-13-15-12-16-14(4-3-9-34-10-7-28(30,31)8-11-34)5-6-18(35)20(16)23(36)19(15)25(38)29(17,41)26(39)21(24(22)37)27(32)40/h3-6,15,17,22,35-36,39,41H,7-13H2,1-2H3,(H2,32,40)/b4-3+/t15-,17-,22-,29?/m0/s1. The lowest BCUT2D eigenvalue weighted by atomic mass is 9.57. The fourth-order valence-corrected chi connectivity index (χ4v) is 6.82. The van der Waals surface area contributed by atoms with Crippen LogP contribution in [0.4, 0.5) is 8.78 Å². The van der Waals surface area contributed by atoms with E-state index in [1.165, 1.54) is 25.1 Å². The van der Waals surface area contributed by atoms with Crippen molar-refractivity contribution < 1.29 is 43.6 Å². The molecule has 1 saturated carbocycles. The number of aliphatic hydroxyl groups is 3. The Bertz CT molecular complexity index is 1420. The lowest BCUT2D eigenvalue weighted by molar-refractivity contribution is -0.153. The van der Waals surface area contributed by atoms with Crippen molar-refractivity contribution in [1.29, 1.82) is 0 Å². The topological polar surface area (TPSA) is 165 Å². The van der Waals surface area contributed by atoms with Crippen LogP contribution >= 0.6 is 0 Å². The first-order valence-corrected chi connectivity index (χ1v) is 13.5. The fourth-order valence-electron chi connectivity index (χ4n) is 6.82. The number of primary amides is 1. The zero-order valence-corrected chi connectivity index (χ0v) is 22.7. The molecule has 1 aliphatic heterocycles. The number of Topliss-reactive ketones (excluding diaryl/α,β-unsaturated/α-hetero) is 2. The van der Waals surface area contributed by atoms with E-state index in [0.717, 1.165) is 0 Å². The second kappa shape index (κ2) is 10.0. The first kappa shape index (κ1) is 28.9. The number of benzene rings is 1. The second-order valence-corrected chi connectivity index (χ2v) is 11.5. The van der Waals surface area contributed by atoms with Gasteiger partial charge in [-0.1, -0.05) is 18.2 Å². The van der Waals surface area contributed by atoms with Crippen molar-refractivity contribution in [2.75, 3.05) is 33.7 Å². The molecule has 220 valence electrons. The zero-order valence-electron chi connectivity index (χ0n) is 22.7. The molecule has 4 atom stereocenters. The third-order valence-corrected chi connectivity index (χ3v) is 8.89. The van der Waals surface area contributed by atoms with E-state index in [0.29, 0.717) is 17.7 Å². The number of halogens is 2. The third-order valence-electron chi connectivity index (χ3n) is 8.89. The Morgan fingerprint density at radius 3 is 2.44 bits per heavy atom. The zero-order chi connectivity index (χ0) is 30.0. The predicted octanol–water partition coefficient (Wildman–Crippen LogP) is 1.71. The minimum atomic E-state index is -2.69. The Labute approximate surface area is 235 Å². The number of aromatic hydroxyl groups is 1. The molecule has 1 aromatic carbocycles. The van der Waals surface area contributed by atoms with E-state index in [9.17, 15) is 43.6 Å². The lowest BCUT2D eigenvalue weighted by Gasteiger charge is -2.50. The van der Waals surface area contributed by atoms with E-state index >= 15 is 0 Å². The van der Waals surface area contributed by atoms with Crippen molar-refractivity contribution in [1.82, 2.24) is 9.80 Å². The number of carbonyl (C=O) groups is 3. The Morgan fingerprint density at radius 2 is 1.83 bits per heavy atom. The van der Waals surface area contributed by atoms with Crippen LogP contribution in [0, 0.1) is 11.8 Å². The SMILES string of the molecule is CN(C)[C@@H]1C(=O)C(C(N)=O)=C(O)C2(O)C(=O)C3=C(O)c4c(O)ccc(/C=C/CN5CCC(F)(F)CC5)c4C[C@H]3C[C@@H]12. The lowest BCUT2D eigenvalue weighted by Crippen LogP contribution is -2.65. The van der Waals surface area contributed by atoms with Crippen LogP contribution in [0.1, 0.15) is 36.0 Å².